The van der Waals surface area contributed by atoms with E-state index in [2.05, 4.69) is 10.1 Å². The summed E-state index contributed by atoms with van der Waals surface area (Å²) in [4.78, 5) is 18.8. The van der Waals surface area contributed by atoms with Crippen molar-refractivity contribution < 1.29 is 4.79 Å². The molecule has 18 heavy (non-hydrogen) atoms. The van der Waals surface area contributed by atoms with Crippen molar-refractivity contribution in [2.45, 2.75) is 20.0 Å². The Morgan fingerprint density at radius 3 is 2.89 bits per heavy atom. The Kier molecular flexibility index (Phi) is 3.61. The van der Waals surface area contributed by atoms with Crippen molar-refractivity contribution in [1.29, 1.82) is 0 Å². The summed E-state index contributed by atoms with van der Waals surface area (Å²) in [7, 11) is 1.77. The predicted molar refractivity (Wildman–Crippen MR) is 70.0 cm³/mol. The van der Waals surface area contributed by atoms with Gasteiger partial charge in [-0.25, -0.2) is 4.98 Å². The second kappa shape index (κ2) is 5.18. The molecule has 0 unspecified atom stereocenters. The number of aromatic nitrogens is 3. The van der Waals surface area contributed by atoms with E-state index in [-0.39, 0.29) is 12.5 Å². The fraction of sp³-hybridized carbons (Fsp3) is 0.364. The molecule has 2 aromatic rings. The Hall–Kier alpha value is -1.89. The van der Waals surface area contributed by atoms with Gasteiger partial charge in [-0.2, -0.15) is 5.10 Å². The number of nitrogens with zero attached hydrogens (tertiary/aromatic N) is 4. The zero-order valence-electron chi connectivity index (χ0n) is 10.3. The van der Waals surface area contributed by atoms with E-state index in [0.717, 1.165) is 9.88 Å². The average Bonchev–Trinajstić information content (AvgIpc) is 2.88. The largest absolute Gasteiger partial charge is 0.396 e. The van der Waals surface area contributed by atoms with Crippen LogP contribution in [-0.2, 0) is 17.9 Å². The molecule has 7 heteroatoms. The maximum absolute atomic E-state index is 11.9. The minimum atomic E-state index is -0.0100. The summed E-state index contributed by atoms with van der Waals surface area (Å²) in [6.45, 7) is 2.72. The molecule has 0 aliphatic rings. The van der Waals surface area contributed by atoms with Gasteiger partial charge in [0.15, 0.2) is 0 Å². The fourth-order valence-electron chi connectivity index (χ4n) is 1.53. The van der Waals surface area contributed by atoms with Crippen LogP contribution < -0.4 is 5.73 Å². The van der Waals surface area contributed by atoms with Gasteiger partial charge in [0.2, 0.25) is 5.91 Å². The van der Waals surface area contributed by atoms with Gasteiger partial charge in [0, 0.05) is 24.3 Å². The van der Waals surface area contributed by atoms with Crippen LogP contribution in [0.25, 0.3) is 0 Å². The zero-order valence-corrected chi connectivity index (χ0v) is 11.1. The first kappa shape index (κ1) is 12.6. The number of anilines is 1. The Labute approximate surface area is 109 Å². The molecule has 2 aromatic heterocycles. The van der Waals surface area contributed by atoms with Crippen molar-refractivity contribution in [3.05, 3.63) is 28.5 Å². The molecule has 0 saturated carbocycles. The van der Waals surface area contributed by atoms with Gasteiger partial charge in [0.1, 0.15) is 6.54 Å². The van der Waals surface area contributed by atoms with Crippen LogP contribution in [0.4, 0.5) is 5.69 Å². The molecule has 0 radical (unpaired) electrons. The molecule has 1 amide bonds. The second-order valence-corrected chi connectivity index (χ2v) is 5.39. The van der Waals surface area contributed by atoms with Crippen LogP contribution in [0.5, 0.6) is 0 Å². The molecule has 96 valence electrons. The Morgan fingerprint density at radius 1 is 1.56 bits per heavy atom. The number of nitrogen functional groups attached to an aromatic ring is 1. The molecular weight excluding hydrogens is 250 g/mol. The monoisotopic (exact) mass is 265 g/mol. The first-order valence-corrected chi connectivity index (χ1v) is 6.29. The standard InChI is InChI=1S/C11H15N5OS/c1-8-13-4-10(18-8)6-15(2)11(17)7-16-5-9(12)3-14-16/h3-5H,6-7,12H2,1-2H3. The lowest BCUT2D eigenvalue weighted by molar-refractivity contribution is -0.131. The summed E-state index contributed by atoms with van der Waals surface area (Å²) < 4.78 is 1.53. The zero-order chi connectivity index (χ0) is 13.1. The average molecular weight is 265 g/mol. The minimum Gasteiger partial charge on any atom is -0.396 e. The molecule has 2 N–H and O–H groups in total. The summed E-state index contributed by atoms with van der Waals surface area (Å²) in [5, 5.41) is 4.99. The van der Waals surface area contributed by atoms with Crippen LogP contribution >= 0.6 is 11.3 Å². The number of thiazole rings is 1. The maximum Gasteiger partial charge on any atom is 0.244 e. The Morgan fingerprint density at radius 2 is 2.33 bits per heavy atom. The van der Waals surface area contributed by atoms with E-state index < -0.39 is 0 Å². The summed E-state index contributed by atoms with van der Waals surface area (Å²) in [6.07, 6.45) is 4.97. The molecule has 0 fully saturated rings. The molecule has 6 nitrogen and oxygen atoms in total. The van der Waals surface area contributed by atoms with Gasteiger partial charge in [-0.1, -0.05) is 0 Å². The van der Waals surface area contributed by atoms with Crippen molar-refractivity contribution >= 4 is 22.9 Å². The predicted octanol–water partition coefficient (Wildman–Crippen LogP) is 0.889. The number of hydrogen-bond donors (Lipinski definition) is 1. The van der Waals surface area contributed by atoms with Crippen LogP contribution in [0.1, 0.15) is 9.88 Å². The quantitative estimate of drug-likeness (QED) is 0.890. The van der Waals surface area contributed by atoms with E-state index in [9.17, 15) is 4.79 Å². The van der Waals surface area contributed by atoms with Gasteiger partial charge in [-0.15, -0.1) is 11.3 Å². The van der Waals surface area contributed by atoms with Gasteiger partial charge in [0.25, 0.3) is 0 Å². The second-order valence-electron chi connectivity index (χ2n) is 4.07. The molecule has 2 rings (SSSR count). The van der Waals surface area contributed by atoms with Crippen molar-refractivity contribution in [3.8, 4) is 0 Å². The smallest absolute Gasteiger partial charge is 0.244 e. The highest BCUT2D eigenvalue weighted by Gasteiger charge is 2.11. The summed E-state index contributed by atoms with van der Waals surface area (Å²) in [5.41, 5.74) is 6.10. The molecule has 0 spiro atoms. The molecule has 2 heterocycles. The molecular formula is C11H15N5OS. The van der Waals surface area contributed by atoms with Gasteiger partial charge < -0.3 is 10.6 Å². The number of carbonyl (C=O) groups excluding carboxylic acids is 1. The van der Waals surface area contributed by atoms with Crippen molar-refractivity contribution in [1.82, 2.24) is 19.7 Å². The maximum atomic E-state index is 11.9. The molecule has 0 aliphatic heterocycles. The lowest BCUT2D eigenvalue weighted by atomic mass is 10.4. The van der Waals surface area contributed by atoms with E-state index >= 15 is 0 Å². The van der Waals surface area contributed by atoms with E-state index in [1.807, 2.05) is 6.92 Å². The van der Waals surface area contributed by atoms with Crippen molar-refractivity contribution in [2.24, 2.45) is 0 Å². The summed E-state index contributed by atoms with van der Waals surface area (Å²) >= 11 is 1.60. The highest BCUT2D eigenvalue weighted by Crippen LogP contribution is 2.13. The lowest BCUT2D eigenvalue weighted by Gasteiger charge is -2.15. The molecule has 0 saturated heterocycles. The number of carbonyl (C=O) groups is 1. The Bertz CT molecular complexity index is 547. The lowest BCUT2D eigenvalue weighted by Crippen LogP contribution is -2.29. The number of likely N-dealkylation sites (N-methyl/N-ethyl adjacent to an activating group) is 1. The van der Waals surface area contributed by atoms with Gasteiger partial charge in [-0.3, -0.25) is 9.48 Å². The van der Waals surface area contributed by atoms with Crippen LogP contribution in [0, 0.1) is 6.92 Å². The molecule has 0 bridgehead atoms. The van der Waals surface area contributed by atoms with Crippen molar-refractivity contribution in [3.63, 3.8) is 0 Å². The van der Waals surface area contributed by atoms with Crippen molar-refractivity contribution in [2.75, 3.05) is 12.8 Å². The topological polar surface area (TPSA) is 77.0 Å². The van der Waals surface area contributed by atoms with Gasteiger partial charge in [-0.05, 0) is 6.92 Å². The SMILES string of the molecule is Cc1ncc(CN(C)C(=O)Cn2cc(N)cn2)s1. The summed E-state index contributed by atoms with van der Waals surface area (Å²) in [5.74, 6) is -0.0100. The molecule has 0 aliphatic carbocycles. The fourth-order valence-corrected chi connectivity index (χ4v) is 2.37. The van der Waals surface area contributed by atoms with E-state index in [0.29, 0.717) is 12.2 Å². The van der Waals surface area contributed by atoms with Crippen LogP contribution in [-0.4, -0.2) is 32.6 Å². The number of nitrogens with two attached hydrogens (primary N) is 1. The van der Waals surface area contributed by atoms with Gasteiger partial charge >= 0.3 is 0 Å². The third-order valence-electron chi connectivity index (χ3n) is 2.44. The summed E-state index contributed by atoms with van der Waals surface area (Å²) in [6, 6.07) is 0. The highest BCUT2D eigenvalue weighted by molar-refractivity contribution is 7.11. The number of amides is 1. The minimum absolute atomic E-state index is 0.0100. The first-order chi connectivity index (χ1) is 8.54. The molecule has 0 aromatic carbocycles. The van der Waals surface area contributed by atoms with Gasteiger partial charge in [0.05, 0.1) is 23.4 Å². The third-order valence-corrected chi connectivity index (χ3v) is 3.34. The highest BCUT2D eigenvalue weighted by atomic mass is 32.1. The van der Waals surface area contributed by atoms with E-state index in [1.54, 1.807) is 35.7 Å². The van der Waals surface area contributed by atoms with Crippen LogP contribution in [0.15, 0.2) is 18.6 Å². The normalized spacial score (nSPS) is 10.6. The van der Waals surface area contributed by atoms with E-state index in [4.69, 9.17) is 5.73 Å². The number of aryl methyl sites for hydroxylation is 1. The Balaban J connectivity index is 1.92. The number of rotatable bonds is 4. The first-order valence-electron chi connectivity index (χ1n) is 5.48. The number of hydrogen-bond acceptors (Lipinski definition) is 5. The molecule has 0 atom stereocenters. The van der Waals surface area contributed by atoms with Crippen LogP contribution in [0.2, 0.25) is 0 Å². The van der Waals surface area contributed by atoms with E-state index in [1.165, 1.54) is 10.9 Å². The third kappa shape index (κ3) is 3.07. The van der Waals surface area contributed by atoms with Crippen LogP contribution in [0.3, 0.4) is 0 Å².